The summed E-state index contributed by atoms with van der Waals surface area (Å²) in [5, 5.41) is 11.7. The van der Waals surface area contributed by atoms with Crippen LogP contribution in [0, 0.1) is 0 Å². The highest BCUT2D eigenvalue weighted by atomic mass is 35.5. The molecule has 0 bridgehead atoms. The van der Waals surface area contributed by atoms with Gasteiger partial charge in [-0.15, -0.1) is 0 Å². The molecule has 1 aromatic heterocycles. The van der Waals surface area contributed by atoms with Crippen LogP contribution >= 0.6 is 23.2 Å². The second-order valence-corrected chi connectivity index (χ2v) is 9.71. The zero-order chi connectivity index (χ0) is 27.4. The second-order valence-electron chi connectivity index (χ2n) is 8.89. The van der Waals surface area contributed by atoms with E-state index in [9.17, 15) is 4.79 Å². The van der Waals surface area contributed by atoms with Crippen molar-refractivity contribution in [1.29, 1.82) is 0 Å². The molecule has 8 nitrogen and oxygen atoms in total. The fourth-order valence-corrected chi connectivity index (χ4v) is 4.98. The van der Waals surface area contributed by atoms with E-state index in [1.807, 2.05) is 62.4 Å². The first-order valence-electron chi connectivity index (χ1n) is 12.5. The van der Waals surface area contributed by atoms with E-state index in [-0.39, 0.29) is 12.5 Å². The quantitative estimate of drug-likeness (QED) is 0.253. The van der Waals surface area contributed by atoms with Crippen LogP contribution in [0.3, 0.4) is 0 Å². The summed E-state index contributed by atoms with van der Waals surface area (Å²) in [5.74, 6) is 1.39. The Morgan fingerprint density at radius 2 is 1.79 bits per heavy atom. The summed E-state index contributed by atoms with van der Waals surface area (Å²) in [7, 11) is 0. The van der Waals surface area contributed by atoms with E-state index in [2.05, 4.69) is 20.7 Å². The van der Waals surface area contributed by atoms with E-state index < -0.39 is 6.04 Å². The Balaban J connectivity index is 1.46. The minimum atomic E-state index is -0.536. The molecule has 4 aromatic rings. The van der Waals surface area contributed by atoms with Gasteiger partial charge in [-0.25, -0.2) is 4.68 Å². The summed E-state index contributed by atoms with van der Waals surface area (Å²) in [5.41, 5.74) is 3.71. The standard InChI is InChI=1S/C29H27Cl2N5O3/c1-3-38-25-14-20(12-13-24(25)39-16-21-22(30)10-7-11-23(21)31)27-26(18(2)35-29-33-17-34-36(27)29)28(37)32-15-19-8-5-4-6-9-19/h4-14,17,27H,3,15-16H2,1-2H3,(H,32,37)(H,33,34,35)/t27-/m0/s1. The van der Waals surface area contributed by atoms with Crippen molar-refractivity contribution in [3.63, 3.8) is 0 Å². The number of allylic oxidation sites excluding steroid dienone is 1. The van der Waals surface area contributed by atoms with Crippen LogP contribution in [0.25, 0.3) is 0 Å². The number of nitrogens with zero attached hydrogens (tertiary/aromatic N) is 3. The van der Waals surface area contributed by atoms with Crippen molar-refractivity contribution in [1.82, 2.24) is 20.1 Å². The largest absolute Gasteiger partial charge is 0.490 e. The van der Waals surface area contributed by atoms with Crippen LogP contribution in [0.1, 0.15) is 36.6 Å². The third kappa shape index (κ3) is 5.72. The highest BCUT2D eigenvalue weighted by Gasteiger charge is 2.34. The summed E-state index contributed by atoms with van der Waals surface area (Å²) in [6.07, 6.45) is 1.46. The van der Waals surface area contributed by atoms with Gasteiger partial charge in [0.1, 0.15) is 19.0 Å². The van der Waals surface area contributed by atoms with Crippen LogP contribution in [0.15, 0.2) is 84.3 Å². The topological polar surface area (TPSA) is 90.3 Å². The maximum atomic E-state index is 13.5. The number of benzene rings is 3. The molecule has 0 spiro atoms. The van der Waals surface area contributed by atoms with Gasteiger partial charge in [-0.3, -0.25) is 4.79 Å². The molecule has 5 rings (SSSR count). The van der Waals surface area contributed by atoms with Gasteiger partial charge in [-0.05, 0) is 49.2 Å². The van der Waals surface area contributed by atoms with Crippen molar-refractivity contribution in [2.75, 3.05) is 11.9 Å². The average Bonchev–Trinajstić information content (AvgIpc) is 3.40. The SMILES string of the molecule is CCOc1cc([C@H]2C(C(=O)NCc3ccccc3)=C(C)Nc3ncnn32)ccc1OCc1c(Cl)cccc1Cl. The number of rotatable bonds is 9. The zero-order valence-electron chi connectivity index (χ0n) is 21.4. The highest BCUT2D eigenvalue weighted by Crippen LogP contribution is 2.39. The van der Waals surface area contributed by atoms with E-state index in [1.54, 1.807) is 22.9 Å². The minimum Gasteiger partial charge on any atom is -0.490 e. The van der Waals surface area contributed by atoms with Gasteiger partial charge in [0.15, 0.2) is 11.5 Å². The fourth-order valence-electron chi connectivity index (χ4n) is 4.47. The summed E-state index contributed by atoms with van der Waals surface area (Å²) in [6, 6.07) is 20.1. The third-order valence-corrected chi connectivity index (χ3v) is 7.06. The molecule has 3 aromatic carbocycles. The number of fused-ring (bicyclic) bond motifs is 1. The Labute approximate surface area is 236 Å². The van der Waals surface area contributed by atoms with E-state index in [0.29, 0.717) is 57.5 Å². The molecule has 0 aliphatic carbocycles. The number of carbonyl (C=O) groups is 1. The molecule has 200 valence electrons. The molecule has 1 atom stereocenters. The summed E-state index contributed by atoms with van der Waals surface area (Å²) in [6.45, 7) is 4.75. The molecule has 0 radical (unpaired) electrons. The predicted molar refractivity (Wildman–Crippen MR) is 151 cm³/mol. The van der Waals surface area contributed by atoms with Gasteiger partial charge in [0.2, 0.25) is 5.95 Å². The first kappa shape index (κ1) is 26.6. The maximum Gasteiger partial charge on any atom is 0.251 e. The van der Waals surface area contributed by atoms with Gasteiger partial charge in [-0.1, -0.05) is 65.7 Å². The number of ether oxygens (including phenoxy) is 2. The van der Waals surface area contributed by atoms with E-state index >= 15 is 0 Å². The average molecular weight is 564 g/mol. The van der Waals surface area contributed by atoms with Gasteiger partial charge in [-0.2, -0.15) is 10.1 Å². The van der Waals surface area contributed by atoms with Crippen LogP contribution in [-0.2, 0) is 17.9 Å². The van der Waals surface area contributed by atoms with Crippen molar-refractivity contribution in [2.24, 2.45) is 0 Å². The number of halogens is 2. The molecule has 1 amide bonds. The maximum absolute atomic E-state index is 13.5. The zero-order valence-corrected chi connectivity index (χ0v) is 23.0. The van der Waals surface area contributed by atoms with Crippen molar-refractivity contribution in [3.05, 3.63) is 111 Å². The highest BCUT2D eigenvalue weighted by molar-refractivity contribution is 6.35. The lowest BCUT2D eigenvalue weighted by molar-refractivity contribution is -0.118. The lowest BCUT2D eigenvalue weighted by Gasteiger charge is -2.29. The van der Waals surface area contributed by atoms with E-state index in [4.69, 9.17) is 32.7 Å². The van der Waals surface area contributed by atoms with Crippen molar-refractivity contribution < 1.29 is 14.3 Å². The van der Waals surface area contributed by atoms with Gasteiger partial charge >= 0.3 is 0 Å². The second kappa shape index (κ2) is 11.8. The molecule has 1 aliphatic rings. The van der Waals surface area contributed by atoms with Gasteiger partial charge in [0, 0.05) is 27.9 Å². The van der Waals surface area contributed by atoms with E-state index in [1.165, 1.54) is 6.33 Å². The van der Waals surface area contributed by atoms with Crippen molar-refractivity contribution in [2.45, 2.75) is 33.0 Å². The molecule has 0 fully saturated rings. The number of aromatic nitrogens is 3. The monoisotopic (exact) mass is 563 g/mol. The Morgan fingerprint density at radius 3 is 2.54 bits per heavy atom. The van der Waals surface area contributed by atoms with E-state index in [0.717, 1.165) is 11.1 Å². The number of carbonyl (C=O) groups excluding carboxylic acids is 1. The van der Waals surface area contributed by atoms with Crippen molar-refractivity contribution in [3.8, 4) is 11.5 Å². The molecular weight excluding hydrogens is 537 g/mol. The number of nitrogens with one attached hydrogen (secondary N) is 2. The number of hydrogen-bond acceptors (Lipinski definition) is 6. The van der Waals surface area contributed by atoms with Crippen LogP contribution < -0.4 is 20.1 Å². The Hall–Kier alpha value is -4.01. The van der Waals surface area contributed by atoms with Crippen LogP contribution in [-0.4, -0.2) is 27.3 Å². The molecule has 0 unspecified atom stereocenters. The van der Waals surface area contributed by atoms with Crippen LogP contribution in [0.4, 0.5) is 5.95 Å². The van der Waals surface area contributed by atoms with Crippen LogP contribution in [0.2, 0.25) is 10.0 Å². The van der Waals surface area contributed by atoms with Crippen LogP contribution in [0.5, 0.6) is 11.5 Å². The summed E-state index contributed by atoms with van der Waals surface area (Å²) in [4.78, 5) is 17.9. The number of hydrogen-bond donors (Lipinski definition) is 2. The lowest BCUT2D eigenvalue weighted by Crippen LogP contribution is -2.34. The van der Waals surface area contributed by atoms with Gasteiger partial charge in [0.25, 0.3) is 5.91 Å². The minimum absolute atomic E-state index is 0.171. The number of anilines is 1. The molecule has 1 aliphatic heterocycles. The lowest BCUT2D eigenvalue weighted by atomic mass is 9.94. The predicted octanol–water partition coefficient (Wildman–Crippen LogP) is 6.17. The summed E-state index contributed by atoms with van der Waals surface area (Å²) >= 11 is 12.6. The first-order valence-corrected chi connectivity index (χ1v) is 13.2. The van der Waals surface area contributed by atoms with Gasteiger partial charge in [0.05, 0.1) is 12.2 Å². The Kier molecular flexibility index (Phi) is 8.05. The molecular formula is C29H27Cl2N5O3. The smallest absolute Gasteiger partial charge is 0.251 e. The molecule has 2 heterocycles. The summed E-state index contributed by atoms with van der Waals surface area (Å²) < 4.78 is 13.7. The molecule has 39 heavy (non-hydrogen) atoms. The van der Waals surface area contributed by atoms with Crippen molar-refractivity contribution >= 4 is 35.1 Å². The molecule has 0 saturated heterocycles. The third-order valence-electron chi connectivity index (χ3n) is 6.35. The fraction of sp³-hybridized carbons (Fsp3) is 0.207. The first-order chi connectivity index (χ1) is 19.0. The molecule has 2 N–H and O–H groups in total. The Morgan fingerprint density at radius 1 is 1.03 bits per heavy atom. The molecule has 10 heteroatoms. The normalized spacial score (nSPS) is 14.4. The van der Waals surface area contributed by atoms with Gasteiger partial charge < -0.3 is 20.1 Å². The Bertz CT molecular complexity index is 1500. The number of amides is 1. The molecule has 0 saturated carbocycles.